The van der Waals surface area contributed by atoms with E-state index in [1.54, 1.807) is 17.9 Å². The first-order valence-corrected chi connectivity index (χ1v) is 8.06. The zero-order valence-corrected chi connectivity index (χ0v) is 13.5. The average Bonchev–Trinajstić information content (AvgIpc) is 3.06. The Kier molecular flexibility index (Phi) is 4.73. The molecule has 0 radical (unpaired) electrons. The monoisotopic (exact) mass is 336 g/mol. The Hall–Kier alpha value is -2.51. The molecule has 8 heteroatoms. The van der Waals surface area contributed by atoms with Crippen LogP contribution >= 0.6 is 0 Å². The maximum Gasteiger partial charge on any atom is 0.409 e. The number of nitro groups is 1. The highest BCUT2D eigenvalue weighted by Crippen LogP contribution is 2.40. The molecule has 1 saturated heterocycles. The van der Waals surface area contributed by atoms with Crippen LogP contribution in [0.25, 0.3) is 0 Å². The number of carbonyl (C=O) groups is 1. The van der Waals surface area contributed by atoms with E-state index < -0.39 is 4.92 Å². The minimum Gasteiger partial charge on any atom is -0.454 e. The standard InChI is InChI=1S/C16H20N2O6/c1-11(9-22-16(19)17-5-3-2-4-6-17)12-7-14-15(24-10-23-14)8-13(12)18(20)21/h7-8,11H,2-6,9-10H2,1H3. The van der Waals surface area contributed by atoms with Crippen molar-refractivity contribution in [1.82, 2.24) is 4.90 Å². The van der Waals surface area contributed by atoms with Crippen molar-refractivity contribution >= 4 is 11.8 Å². The number of benzene rings is 1. The van der Waals surface area contributed by atoms with Gasteiger partial charge in [0.05, 0.1) is 11.0 Å². The number of likely N-dealkylation sites (tertiary alicyclic amines) is 1. The van der Waals surface area contributed by atoms with Crippen LogP contribution in [0.5, 0.6) is 11.5 Å². The summed E-state index contributed by atoms with van der Waals surface area (Å²) in [6.45, 7) is 3.33. The zero-order chi connectivity index (χ0) is 17.1. The van der Waals surface area contributed by atoms with Gasteiger partial charge in [0.25, 0.3) is 5.69 Å². The van der Waals surface area contributed by atoms with E-state index in [2.05, 4.69) is 0 Å². The first-order chi connectivity index (χ1) is 11.6. The molecule has 0 aromatic heterocycles. The molecule has 0 saturated carbocycles. The number of hydrogen-bond donors (Lipinski definition) is 0. The fourth-order valence-electron chi connectivity index (χ4n) is 2.95. The van der Waals surface area contributed by atoms with Crippen molar-refractivity contribution in [3.8, 4) is 11.5 Å². The summed E-state index contributed by atoms with van der Waals surface area (Å²) in [7, 11) is 0. The molecule has 1 fully saturated rings. The first-order valence-electron chi connectivity index (χ1n) is 8.06. The highest BCUT2D eigenvalue weighted by molar-refractivity contribution is 5.67. The normalized spacial score (nSPS) is 17.5. The molecule has 3 rings (SSSR count). The molecule has 0 aliphatic carbocycles. The lowest BCUT2D eigenvalue weighted by molar-refractivity contribution is -0.385. The zero-order valence-electron chi connectivity index (χ0n) is 13.5. The fourth-order valence-corrected chi connectivity index (χ4v) is 2.95. The minimum absolute atomic E-state index is 0.0499. The Morgan fingerprint density at radius 2 is 1.96 bits per heavy atom. The number of piperidine rings is 1. The molecule has 0 bridgehead atoms. The second-order valence-corrected chi connectivity index (χ2v) is 6.05. The largest absolute Gasteiger partial charge is 0.454 e. The summed E-state index contributed by atoms with van der Waals surface area (Å²) in [4.78, 5) is 24.6. The summed E-state index contributed by atoms with van der Waals surface area (Å²) in [5.41, 5.74) is 0.413. The topological polar surface area (TPSA) is 91.1 Å². The third kappa shape index (κ3) is 3.37. The molecule has 2 heterocycles. The van der Waals surface area contributed by atoms with Crippen molar-refractivity contribution in [2.45, 2.75) is 32.1 Å². The third-order valence-corrected chi connectivity index (χ3v) is 4.32. The molecule has 1 amide bonds. The summed E-state index contributed by atoms with van der Waals surface area (Å²) in [6.07, 6.45) is 2.74. The summed E-state index contributed by atoms with van der Waals surface area (Å²) in [5, 5.41) is 11.3. The van der Waals surface area contributed by atoms with Crippen LogP contribution in [0.2, 0.25) is 0 Å². The highest BCUT2D eigenvalue weighted by atomic mass is 16.7. The molecule has 2 aliphatic heterocycles. The van der Waals surface area contributed by atoms with Gasteiger partial charge in [0.1, 0.15) is 6.61 Å². The van der Waals surface area contributed by atoms with E-state index in [-0.39, 0.29) is 31.1 Å². The number of ether oxygens (including phenoxy) is 3. The lowest BCUT2D eigenvalue weighted by Crippen LogP contribution is -2.36. The molecular formula is C16H20N2O6. The van der Waals surface area contributed by atoms with Gasteiger partial charge >= 0.3 is 6.09 Å². The third-order valence-electron chi connectivity index (χ3n) is 4.32. The molecule has 1 unspecified atom stereocenters. The van der Waals surface area contributed by atoms with Gasteiger partial charge in [-0.15, -0.1) is 0 Å². The Morgan fingerprint density at radius 3 is 2.62 bits per heavy atom. The summed E-state index contributed by atoms with van der Waals surface area (Å²) in [6, 6.07) is 2.96. The smallest absolute Gasteiger partial charge is 0.409 e. The summed E-state index contributed by atoms with van der Waals surface area (Å²) >= 11 is 0. The molecule has 1 atom stereocenters. The Morgan fingerprint density at radius 1 is 1.29 bits per heavy atom. The summed E-state index contributed by atoms with van der Waals surface area (Å²) < 4.78 is 15.8. The quantitative estimate of drug-likeness (QED) is 0.620. The van der Waals surface area contributed by atoms with Gasteiger partial charge in [0, 0.05) is 24.6 Å². The SMILES string of the molecule is CC(COC(=O)N1CCCCC1)c1cc2c(cc1[N+](=O)[O-])OCO2. The van der Waals surface area contributed by atoms with E-state index in [1.165, 1.54) is 6.07 Å². The van der Waals surface area contributed by atoms with Gasteiger partial charge in [-0.05, 0) is 25.3 Å². The molecule has 0 N–H and O–H groups in total. The van der Waals surface area contributed by atoms with E-state index in [0.29, 0.717) is 30.2 Å². The second-order valence-electron chi connectivity index (χ2n) is 6.05. The molecule has 24 heavy (non-hydrogen) atoms. The predicted molar refractivity (Wildman–Crippen MR) is 84.4 cm³/mol. The maximum atomic E-state index is 12.1. The van der Waals surface area contributed by atoms with Gasteiger partial charge in [-0.2, -0.15) is 0 Å². The Bertz CT molecular complexity index is 642. The summed E-state index contributed by atoms with van der Waals surface area (Å²) in [5.74, 6) is 0.515. The van der Waals surface area contributed by atoms with Crippen molar-refractivity contribution in [1.29, 1.82) is 0 Å². The van der Waals surface area contributed by atoms with Crippen LogP contribution in [0.4, 0.5) is 10.5 Å². The van der Waals surface area contributed by atoms with Gasteiger partial charge in [-0.25, -0.2) is 4.79 Å². The number of hydrogen-bond acceptors (Lipinski definition) is 6. The lowest BCUT2D eigenvalue weighted by atomic mass is 9.99. The van der Waals surface area contributed by atoms with E-state index in [1.807, 2.05) is 0 Å². The van der Waals surface area contributed by atoms with Crippen molar-refractivity contribution in [3.63, 3.8) is 0 Å². The molecule has 1 aromatic carbocycles. The van der Waals surface area contributed by atoms with Crippen LogP contribution in [-0.4, -0.2) is 42.4 Å². The molecule has 130 valence electrons. The van der Waals surface area contributed by atoms with Crippen LogP contribution in [0.1, 0.15) is 37.7 Å². The van der Waals surface area contributed by atoms with E-state index in [0.717, 1.165) is 19.3 Å². The van der Waals surface area contributed by atoms with Gasteiger partial charge in [-0.1, -0.05) is 6.92 Å². The second kappa shape index (κ2) is 6.94. The van der Waals surface area contributed by atoms with Crippen LogP contribution in [0.15, 0.2) is 12.1 Å². The maximum absolute atomic E-state index is 12.1. The molecule has 2 aliphatic rings. The van der Waals surface area contributed by atoms with Crippen LogP contribution < -0.4 is 9.47 Å². The van der Waals surface area contributed by atoms with Crippen molar-refractivity contribution in [3.05, 3.63) is 27.8 Å². The fraction of sp³-hybridized carbons (Fsp3) is 0.562. The number of fused-ring (bicyclic) bond motifs is 1. The minimum atomic E-state index is -0.458. The molecule has 1 aromatic rings. The number of nitro benzene ring substituents is 1. The van der Waals surface area contributed by atoms with E-state index in [4.69, 9.17) is 14.2 Å². The predicted octanol–water partition coefficient (Wildman–Crippen LogP) is 3.05. The number of carbonyl (C=O) groups excluding carboxylic acids is 1. The van der Waals surface area contributed by atoms with Crippen LogP contribution in [-0.2, 0) is 4.74 Å². The first kappa shape index (κ1) is 16.4. The van der Waals surface area contributed by atoms with Crippen LogP contribution in [0.3, 0.4) is 0 Å². The van der Waals surface area contributed by atoms with E-state index >= 15 is 0 Å². The number of amides is 1. The van der Waals surface area contributed by atoms with Crippen LogP contribution in [0, 0.1) is 10.1 Å². The van der Waals surface area contributed by atoms with Gasteiger partial charge in [-0.3, -0.25) is 10.1 Å². The van der Waals surface area contributed by atoms with Crippen molar-refractivity contribution < 1.29 is 23.9 Å². The highest BCUT2D eigenvalue weighted by Gasteiger charge is 2.27. The van der Waals surface area contributed by atoms with Gasteiger partial charge in [0.15, 0.2) is 11.5 Å². The van der Waals surface area contributed by atoms with Crippen molar-refractivity contribution in [2.24, 2.45) is 0 Å². The van der Waals surface area contributed by atoms with Gasteiger partial charge < -0.3 is 19.1 Å². The molecular weight excluding hydrogens is 316 g/mol. The van der Waals surface area contributed by atoms with Gasteiger partial charge in [0.2, 0.25) is 6.79 Å². The lowest BCUT2D eigenvalue weighted by Gasteiger charge is -2.26. The van der Waals surface area contributed by atoms with E-state index in [9.17, 15) is 14.9 Å². The number of rotatable bonds is 4. The molecule has 0 spiro atoms. The number of nitrogens with zero attached hydrogens (tertiary/aromatic N) is 2. The average molecular weight is 336 g/mol. The van der Waals surface area contributed by atoms with Crippen molar-refractivity contribution in [2.75, 3.05) is 26.5 Å². The molecule has 8 nitrogen and oxygen atoms in total. The Balaban J connectivity index is 1.69. The Labute approximate surface area is 139 Å².